The number of nitrogens with one attached hydrogen (secondary N) is 2. The third kappa shape index (κ3) is 5.47. The molecule has 1 atom stereocenters. The van der Waals surface area contributed by atoms with Gasteiger partial charge in [0.25, 0.3) is 0 Å². The molecule has 1 aromatic rings. The van der Waals surface area contributed by atoms with E-state index in [2.05, 4.69) is 10.6 Å². The number of carbonyl (C=O) groups excluding carboxylic acids is 2. The van der Waals surface area contributed by atoms with E-state index in [4.69, 9.17) is 14.2 Å². The Labute approximate surface area is 157 Å². The summed E-state index contributed by atoms with van der Waals surface area (Å²) in [5, 5.41) is 4.73. The predicted molar refractivity (Wildman–Crippen MR) is 93.9 cm³/mol. The maximum Gasteiger partial charge on any atom is 0.309 e. The van der Waals surface area contributed by atoms with Gasteiger partial charge in [-0.1, -0.05) is 18.2 Å². The molecule has 1 aliphatic rings. The van der Waals surface area contributed by atoms with Crippen molar-refractivity contribution in [3.63, 3.8) is 0 Å². The van der Waals surface area contributed by atoms with Gasteiger partial charge in [-0.2, -0.15) is 4.31 Å². The van der Waals surface area contributed by atoms with E-state index in [9.17, 15) is 18.0 Å². The third-order valence-corrected chi connectivity index (χ3v) is 5.79. The highest BCUT2D eigenvalue weighted by Gasteiger charge is 2.36. The van der Waals surface area contributed by atoms with Crippen LogP contribution in [0, 0.1) is 0 Å². The maximum absolute atomic E-state index is 12.7. The lowest BCUT2D eigenvalue weighted by Gasteiger charge is -2.22. The van der Waals surface area contributed by atoms with Gasteiger partial charge in [0.1, 0.15) is 6.23 Å². The molecule has 1 aliphatic heterocycles. The van der Waals surface area contributed by atoms with Crippen LogP contribution in [-0.2, 0) is 33.8 Å². The van der Waals surface area contributed by atoms with Gasteiger partial charge >= 0.3 is 11.8 Å². The zero-order valence-corrected chi connectivity index (χ0v) is 15.9. The Morgan fingerprint density at radius 3 is 2.44 bits per heavy atom. The Kier molecular flexibility index (Phi) is 7.68. The number of sulfonamides is 1. The van der Waals surface area contributed by atoms with Crippen LogP contribution in [0.1, 0.15) is 0 Å². The molecular formula is C16H23N3O7S. The number of benzene rings is 1. The van der Waals surface area contributed by atoms with Crippen LogP contribution in [0.2, 0.25) is 0 Å². The summed E-state index contributed by atoms with van der Waals surface area (Å²) in [5.74, 6) is -1.79. The molecule has 0 saturated carbocycles. The highest BCUT2D eigenvalue weighted by atomic mass is 32.2. The zero-order chi connectivity index (χ0) is 19.9. The van der Waals surface area contributed by atoms with Crippen molar-refractivity contribution in [2.75, 3.05) is 40.5 Å². The highest BCUT2D eigenvalue weighted by molar-refractivity contribution is 7.89. The van der Waals surface area contributed by atoms with E-state index in [0.29, 0.717) is 0 Å². The number of carbonyl (C=O) groups is 2. The minimum Gasteiger partial charge on any atom is -0.359 e. The first-order valence-corrected chi connectivity index (χ1v) is 9.64. The lowest BCUT2D eigenvalue weighted by molar-refractivity contribution is -0.142. The van der Waals surface area contributed by atoms with E-state index in [-0.39, 0.29) is 31.1 Å². The van der Waals surface area contributed by atoms with Gasteiger partial charge in [0, 0.05) is 20.8 Å². The van der Waals surface area contributed by atoms with Crippen molar-refractivity contribution >= 4 is 21.8 Å². The molecule has 11 heteroatoms. The summed E-state index contributed by atoms with van der Waals surface area (Å²) in [7, 11) is -0.956. The molecule has 1 unspecified atom stereocenters. The van der Waals surface area contributed by atoms with Crippen LogP contribution in [0.3, 0.4) is 0 Å². The number of hydrogen-bond acceptors (Lipinski definition) is 7. The molecule has 1 heterocycles. The molecule has 1 saturated heterocycles. The molecule has 2 amide bonds. The molecular weight excluding hydrogens is 378 g/mol. The number of amides is 2. The van der Waals surface area contributed by atoms with Gasteiger partial charge in [0.05, 0.1) is 24.6 Å². The third-order valence-electron chi connectivity index (χ3n) is 3.89. The first-order chi connectivity index (χ1) is 12.9. The first-order valence-electron chi connectivity index (χ1n) is 8.20. The van der Waals surface area contributed by atoms with E-state index >= 15 is 0 Å². The molecule has 150 valence electrons. The van der Waals surface area contributed by atoms with Crippen molar-refractivity contribution in [1.82, 2.24) is 14.9 Å². The smallest absolute Gasteiger partial charge is 0.309 e. The monoisotopic (exact) mass is 401 g/mol. The molecule has 0 aromatic heterocycles. The number of hydrogen-bond donors (Lipinski definition) is 2. The molecule has 27 heavy (non-hydrogen) atoms. The van der Waals surface area contributed by atoms with Crippen LogP contribution in [-0.4, -0.2) is 77.5 Å². The van der Waals surface area contributed by atoms with Crippen molar-refractivity contribution < 1.29 is 32.2 Å². The van der Waals surface area contributed by atoms with E-state index in [1.54, 1.807) is 18.2 Å². The summed E-state index contributed by atoms with van der Waals surface area (Å²) in [6.07, 6.45) is -1.57. The number of methoxy groups -OCH3 is 2. The molecule has 0 spiro atoms. The molecule has 2 rings (SSSR count). The molecule has 0 aliphatic carbocycles. The summed E-state index contributed by atoms with van der Waals surface area (Å²) >= 11 is 0. The van der Waals surface area contributed by atoms with Crippen LogP contribution in [0.15, 0.2) is 35.2 Å². The maximum atomic E-state index is 12.7. The predicted octanol–water partition coefficient (Wildman–Crippen LogP) is -1.12. The van der Waals surface area contributed by atoms with Crippen LogP contribution < -0.4 is 10.6 Å². The Balaban J connectivity index is 1.91. The summed E-state index contributed by atoms with van der Waals surface area (Å²) in [6, 6.07) is 7.93. The van der Waals surface area contributed by atoms with E-state index in [1.807, 2.05) is 0 Å². The largest absolute Gasteiger partial charge is 0.359 e. The van der Waals surface area contributed by atoms with Crippen molar-refractivity contribution in [2.24, 2.45) is 0 Å². The lowest BCUT2D eigenvalue weighted by Crippen LogP contribution is -2.48. The minimum absolute atomic E-state index is 0.00626. The summed E-state index contributed by atoms with van der Waals surface area (Å²) < 4.78 is 41.7. The Hall–Kier alpha value is -2.05. The average Bonchev–Trinajstić information content (AvgIpc) is 3.17. The molecule has 0 radical (unpaired) electrons. The molecule has 10 nitrogen and oxygen atoms in total. The van der Waals surface area contributed by atoms with Crippen molar-refractivity contribution in [3.05, 3.63) is 30.3 Å². The molecule has 1 aromatic carbocycles. The van der Waals surface area contributed by atoms with Crippen molar-refractivity contribution in [1.29, 1.82) is 0 Å². The Morgan fingerprint density at radius 2 is 1.81 bits per heavy atom. The number of ether oxygens (including phenoxy) is 3. The standard InChI is InChI=1S/C16H23N3O7S/c1-24-14(25-2)11-18-16(21)15(20)17-10-13-19(8-9-26-13)27(22,23)12-6-4-3-5-7-12/h3-7,13-14H,8-11H2,1-2H3,(H,17,20)(H,18,21). The normalized spacial score (nSPS) is 17.8. The topological polar surface area (TPSA) is 123 Å². The second kappa shape index (κ2) is 9.76. The quantitative estimate of drug-likeness (QED) is 0.418. The van der Waals surface area contributed by atoms with Crippen LogP contribution in [0.5, 0.6) is 0 Å². The second-order valence-electron chi connectivity index (χ2n) is 5.58. The van der Waals surface area contributed by atoms with E-state index in [0.717, 1.165) is 4.31 Å². The number of nitrogens with zero attached hydrogens (tertiary/aromatic N) is 1. The fourth-order valence-corrected chi connectivity index (χ4v) is 3.98. The highest BCUT2D eigenvalue weighted by Crippen LogP contribution is 2.21. The second-order valence-corrected chi connectivity index (χ2v) is 7.47. The fraction of sp³-hybridized carbons (Fsp3) is 0.500. The molecule has 2 N–H and O–H groups in total. The van der Waals surface area contributed by atoms with Gasteiger partial charge < -0.3 is 24.8 Å². The van der Waals surface area contributed by atoms with Gasteiger partial charge in [-0.25, -0.2) is 8.42 Å². The Bertz CT molecular complexity index is 738. The Morgan fingerprint density at radius 1 is 1.19 bits per heavy atom. The first kappa shape index (κ1) is 21.3. The van der Waals surface area contributed by atoms with Gasteiger partial charge in [-0.05, 0) is 12.1 Å². The van der Waals surface area contributed by atoms with Gasteiger partial charge in [0.15, 0.2) is 6.29 Å². The van der Waals surface area contributed by atoms with Gasteiger partial charge in [0.2, 0.25) is 10.0 Å². The van der Waals surface area contributed by atoms with Gasteiger partial charge in [-0.15, -0.1) is 0 Å². The van der Waals surface area contributed by atoms with Crippen molar-refractivity contribution in [3.8, 4) is 0 Å². The minimum atomic E-state index is -3.76. The fourth-order valence-electron chi connectivity index (χ4n) is 2.45. The molecule has 1 fully saturated rings. The summed E-state index contributed by atoms with van der Waals surface area (Å²) in [6.45, 7) is 0.194. The number of rotatable bonds is 8. The molecule has 0 bridgehead atoms. The van der Waals surface area contributed by atoms with E-state index in [1.165, 1.54) is 26.4 Å². The van der Waals surface area contributed by atoms with Crippen LogP contribution in [0.4, 0.5) is 0 Å². The average molecular weight is 401 g/mol. The summed E-state index contributed by atoms with van der Waals surface area (Å²) in [4.78, 5) is 23.8. The van der Waals surface area contributed by atoms with E-state index < -0.39 is 34.4 Å². The SMILES string of the molecule is COC(CNC(=O)C(=O)NCC1OCCN1S(=O)(=O)c1ccccc1)OC. The zero-order valence-electron chi connectivity index (χ0n) is 15.1. The summed E-state index contributed by atoms with van der Waals surface area (Å²) in [5.41, 5.74) is 0. The lowest BCUT2D eigenvalue weighted by atomic mass is 10.4. The van der Waals surface area contributed by atoms with Crippen LogP contribution in [0.25, 0.3) is 0 Å². The van der Waals surface area contributed by atoms with Gasteiger partial charge in [-0.3, -0.25) is 9.59 Å². The van der Waals surface area contributed by atoms with Crippen LogP contribution >= 0.6 is 0 Å². The van der Waals surface area contributed by atoms with Crippen molar-refractivity contribution in [2.45, 2.75) is 17.4 Å².